The van der Waals surface area contributed by atoms with Gasteiger partial charge >= 0.3 is 0 Å². The maximum atomic E-state index is 12.8. The summed E-state index contributed by atoms with van der Waals surface area (Å²) in [6, 6.07) is 12.7. The van der Waals surface area contributed by atoms with Crippen LogP contribution in [-0.4, -0.2) is 55.8 Å². The van der Waals surface area contributed by atoms with E-state index < -0.39 is 16.1 Å². The highest BCUT2D eigenvalue weighted by Crippen LogP contribution is 2.20. The van der Waals surface area contributed by atoms with Gasteiger partial charge in [-0.25, -0.2) is 8.42 Å². The van der Waals surface area contributed by atoms with Crippen LogP contribution in [-0.2, 0) is 14.8 Å². The summed E-state index contributed by atoms with van der Waals surface area (Å²) in [7, 11) is -3.54. The van der Waals surface area contributed by atoms with Gasteiger partial charge in [-0.1, -0.05) is 23.8 Å². The number of piperazine rings is 1. The lowest BCUT2D eigenvalue weighted by Crippen LogP contribution is -2.53. The van der Waals surface area contributed by atoms with Gasteiger partial charge in [-0.2, -0.15) is 4.31 Å². The van der Waals surface area contributed by atoms with E-state index in [1.54, 1.807) is 36.1 Å². The summed E-state index contributed by atoms with van der Waals surface area (Å²) in [6.07, 6.45) is -0.628. The molecule has 0 saturated carbocycles. The van der Waals surface area contributed by atoms with Crippen LogP contribution in [0.25, 0.3) is 0 Å². The molecular formula is C22H28N2O4S. The van der Waals surface area contributed by atoms with Gasteiger partial charge < -0.3 is 9.64 Å². The van der Waals surface area contributed by atoms with Crippen LogP contribution in [0.3, 0.4) is 0 Å². The molecule has 1 atom stereocenters. The fourth-order valence-electron chi connectivity index (χ4n) is 3.52. The Labute approximate surface area is 173 Å². The molecule has 7 heteroatoms. The van der Waals surface area contributed by atoms with Crippen LogP contribution in [0.5, 0.6) is 5.75 Å². The number of rotatable bonds is 5. The van der Waals surface area contributed by atoms with E-state index in [1.807, 2.05) is 39.0 Å². The second kappa shape index (κ2) is 8.55. The van der Waals surface area contributed by atoms with E-state index in [-0.39, 0.29) is 23.9 Å². The summed E-state index contributed by atoms with van der Waals surface area (Å²) in [6.45, 7) is 8.88. The molecule has 6 nitrogen and oxygen atoms in total. The van der Waals surface area contributed by atoms with Crippen molar-refractivity contribution in [2.24, 2.45) is 0 Å². The molecule has 1 amide bonds. The van der Waals surface area contributed by atoms with Crippen molar-refractivity contribution < 1.29 is 17.9 Å². The largest absolute Gasteiger partial charge is 0.481 e. The normalized spacial score (nSPS) is 16.5. The van der Waals surface area contributed by atoms with Crippen molar-refractivity contribution in [3.8, 4) is 5.75 Å². The molecule has 2 aromatic carbocycles. The van der Waals surface area contributed by atoms with E-state index in [1.165, 1.54) is 4.31 Å². The third-order valence-electron chi connectivity index (χ3n) is 5.06. The first kappa shape index (κ1) is 21.3. The molecule has 0 N–H and O–H groups in total. The van der Waals surface area contributed by atoms with Crippen molar-refractivity contribution >= 4 is 15.9 Å². The average Bonchev–Trinajstić information content (AvgIpc) is 2.67. The summed E-state index contributed by atoms with van der Waals surface area (Å²) in [5, 5.41) is 0. The number of ether oxygens (including phenoxy) is 1. The predicted molar refractivity (Wildman–Crippen MR) is 113 cm³/mol. The number of aryl methyl sites for hydroxylation is 3. The van der Waals surface area contributed by atoms with Gasteiger partial charge in [-0.3, -0.25) is 4.79 Å². The van der Waals surface area contributed by atoms with Crippen LogP contribution < -0.4 is 4.74 Å². The third-order valence-corrected chi connectivity index (χ3v) is 6.98. The number of benzene rings is 2. The number of carbonyl (C=O) groups excluding carboxylic acids is 1. The van der Waals surface area contributed by atoms with Gasteiger partial charge in [-0.15, -0.1) is 0 Å². The summed E-state index contributed by atoms with van der Waals surface area (Å²) in [5.41, 5.74) is 3.17. The zero-order valence-electron chi connectivity index (χ0n) is 17.4. The monoisotopic (exact) mass is 416 g/mol. The SMILES string of the molecule is Cc1ccc(S(=O)(=O)N2CCN(C(=O)C(C)Oc3cc(C)cc(C)c3)CC2)cc1. The minimum absolute atomic E-state index is 0.128. The zero-order valence-corrected chi connectivity index (χ0v) is 18.2. The molecule has 29 heavy (non-hydrogen) atoms. The third kappa shape index (κ3) is 4.97. The maximum Gasteiger partial charge on any atom is 0.263 e. The maximum absolute atomic E-state index is 12.8. The van der Waals surface area contributed by atoms with Crippen molar-refractivity contribution in [2.45, 2.75) is 38.7 Å². The fourth-order valence-corrected chi connectivity index (χ4v) is 4.94. The Bertz CT molecular complexity index is 958. The molecule has 1 unspecified atom stereocenters. The smallest absolute Gasteiger partial charge is 0.263 e. The Morgan fingerprint density at radius 2 is 1.45 bits per heavy atom. The number of carbonyl (C=O) groups is 1. The molecule has 0 aromatic heterocycles. The predicted octanol–water partition coefficient (Wildman–Crippen LogP) is 2.91. The van der Waals surface area contributed by atoms with Crippen molar-refractivity contribution in [2.75, 3.05) is 26.2 Å². The first-order valence-electron chi connectivity index (χ1n) is 9.77. The Morgan fingerprint density at radius 1 is 0.897 bits per heavy atom. The molecule has 0 aliphatic carbocycles. The number of hydrogen-bond acceptors (Lipinski definition) is 4. The molecule has 3 rings (SSSR count). The molecule has 0 bridgehead atoms. The summed E-state index contributed by atoms with van der Waals surface area (Å²) < 4.78 is 32.9. The number of amides is 1. The lowest BCUT2D eigenvalue weighted by atomic mass is 10.1. The molecule has 0 radical (unpaired) electrons. The molecule has 156 valence electrons. The van der Waals surface area contributed by atoms with Crippen molar-refractivity contribution in [3.63, 3.8) is 0 Å². The van der Waals surface area contributed by atoms with E-state index >= 15 is 0 Å². The van der Waals surface area contributed by atoms with E-state index in [4.69, 9.17) is 4.74 Å². The zero-order chi connectivity index (χ0) is 21.2. The van der Waals surface area contributed by atoms with Crippen LogP contribution in [0.15, 0.2) is 47.4 Å². The highest BCUT2D eigenvalue weighted by Gasteiger charge is 2.32. The Balaban J connectivity index is 1.60. The number of hydrogen-bond donors (Lipinski definition) is 0. The van der Waals surface area contributed by atoms with Gasteiger partial charge in [-0.05, 0) is 63.1 Å². The van der Waals surface area contributed by atoms with Gasteiger partial charge in [0.1, 0.15) is 5.75 Å². The highest BCUT2D eigenvalue weighted by molar-refractivity contribution is 7.89. The van der Waals surface area contributed by atoms with Crippen molar-refractivity contribution in [1.29, 1.82) is 0 Å². The van der Waals surface area contributed by atoms with Crippen LogP contribution >= 0.6 is 0 Å². The van der Waals surface area contributed by atoms with E-state index in [0.717, 1.165) is 16.7 Å². The standard InChI is InChI=1S/C22H28N2O4S/c1-16-5-7-21(8-6-16)29(26,27)24-11-9-23(10-12-24)22(25)19(4)28-20-14-17(2)13-18(3)15-20/h5-8,13-15,19H,9-12H2,1-4H3. The lowest BCUT2D eigenvalue weighted by Gasteiger charge is -2.35. The summed E-state index contributed by atoms with van der Waals surface area (Å²) in [4.78, 5) is 14.7. The molecule has 1 heterocycles. The molecule has 1 aliphatic heterocycles. The first-order chi connectivity index (χ1) is 13.7. The second-order valence-electron chi connectivity index (χ2n) is 7.63. The van der Waals surface area contributed by atoms with Crippen molar-refractivity contribution in [3.05, 3.63) is 59.2 Å². The average molecular weight is 417 g/mol. The molecule has 1 fully saturated rings. The lowest BCUT2D eigenvalue weighted by molar-refractivity contribution is -0.139. The minimum Gasteiger partial charge on any atom is -0.481 e. The number of nitrogens with zero attached hydrogens (tertiary/aromatic N) is 2. The summed E-state index contributed by atoms with van der Waals surface area (Å²) in [5.74, 6) is 0.542. The molecule has 1 aliphatic rings. The fraction of sp³-hybridized carbons (Fsp3) is 0.409. The van der Waals surface area contributed by atoms with Crippen LogP contribution in [0, 0.1) is 20.8 Å². The first-order valence-corrected chi connectivity index (χ1v) is 11.2. The van der Waals surface area contributed by atoms with Gasteiger partial charge in [0, 0.05) is 26.2 Å². The highest BCUT2D eigenvalue weighted by atomic mass is 32.2. The molecular weight excluding hydrogens is 388 g/mol. The Morgan fingerprint density at radius 3 is 2.00 bits per heavy atom. The quantitative estimate of drug-likeness (QED) is 0.752. The van der Waals surface area contributed by atoms with Crippen molar-refractivity contribution in [1.82, 2.24) is 9.21 Å². The molecule has 0 spiro atoms. The van der Waals surface area contributed by atoms with E-state index in [9.17, 15) is 13.2 Å². The van der Waals surface area contributed by atoms with E-state index in [0.29, 0.717) is 18.8 Å². The molecule has 2 aromatic rings. The number of sulfonamides is 1. The van der Waals surface area contributed by atoms with Gasteiger partial charge in [0.05, 0.1) is 4.90 Å². The minimum atomic E-state index is -3.54. The topological polar surface area (TPSA) is 66.9 Å². The van der Waals surface area contributed by atoms with Crippen LogP contribution in [0.4, 0.5) is 0 Å². The van der Waals surface area contributed by atoms with Gasteiger partial charge in [0.2, 0.25) is 10.0 Å². The van der Waals surface area contributed by atoms with Gasteiger partial charge in [0.25, 0.3) is 5.91 Å². The molecule has 1 saturated heterocycles. The van der Waals surface area contributed by atoms with Gasteiger partial charge in [0.15, 0.2) is 6.10 Å². The Hall–Kier alpha value is -2.38. The summed E-state index contributed by atoms with van der Waals surface area (Å²) >= 11 is 0. The van der Waals surface area contributed by atoms with Crippen LogP contribution in [0.2, 0.25) is 0 Å². The Kier molecular flexibility index (Phi) is 6.29. The van der Waals surface area contributed by atoms with Crippen LogP contribution in [0.1, 0.15) is 23.6 Å². The second-order valence-corrected chi connectivity index (χ2v) is 9.56. The van der Waals surface area contributed by atoms with E-state index in [2.05, 4.69) is 0 Å².